The van der Waals surface area contributed by atoms with Crippen LogP contribution >= 0.6 is 11.6 Å². The standard InChI is InChI=1S/C11H15ClN2O/c1-7-5-9(12)3-4-10(7)11(15)14-8(2)6-13/h3-5,8H,6,13H2,1-2H3,(H,14,15)/t8-/m1/s1. The Morgan fingerprint density at radius 3 is 2.80 bits per heavy atom. The van der Waals surface area contributed by atoms with Gasteiger partial charge in [0.25, 0.3) is 5.91 Å². The average molecular weight is 227 g/mol. The third-order valence-electron chi connectivity index (χ3n) is 2.16. The van der Waals surface area contributed by atoms with Crippen molar-refractivity contribution < 1.29 is 4.79 Å². The van der Waals surface area contributed by atoms with E-state index in [1.165, 1.54) is 0 Å². The number of amides is 1. The highest BCUT2D eigenvalue weighted by atomic mass is 35.5. The number of hydrogen-bond acceptors (Lipinski definition) is 2. The van der Waals surface area contributed by atoms with Crippen molar-refractivity contribution in [3.63, 3.8) is 0 Å². The fraction of sp³-hybridized carbons (Fsp3) is 0.364. The fourth-order valence-electron chi connectivity index (χ4n) is 1.24. The summed E-state index contributed by atoms with van der Waals surface area (Å²) in [6, 6.07) is 5.17. The van der Waals surface area contributed by atoms with E-state index in [1.54, 1.807) is 18.2 Å². The Morgan fingerprint density at radius 1 is 1.60 bits per heavy atom. The summed E-state index contributed by atoms with van der Waals surface area (Å²) in [4.78, 5) is 11.7. The first-order chi connectivity index (χ1) is 7.04. The molecule has 0 aliphatic rings. The van der Waals surface area contributed by atoms with Crippen molar-refractivity contribution >= 4 is 17.5 Å². The van der Waals surface area contributed by atoms with Crippen LogP contribution in [0.25, 0.3) is 0 Å². The molecular formula is C11H15ClN2O. The van der Waals surface area contributed by atoms with Gasteiger partial charge < -0.3 is 11.1 Å². The molecule has 0 heterocycles. The Balaban J connectivity index is 2.82. The zero-order valence-electron chi connectivity index (χ0n) is 8.88. The summed E-state index contributed by atoms with van der Waals surface area (Å²) in [7, 11) is 0. The van der Waals surface area contributed by atoms with Crippen LogP contribution < -0.4 is 11.1 Å². The molecule has 0 aromatic heterocycles. The van der Waals surface area contributed by atoms with Crippen LogP contribution in [0.5, 0.6) is 0 Å². The first-order valence-electron chi connectivity index (χ1n) is 4.81. The lowest BCUT2D eigenvalue weighted by molar-refractivity contribution is 0.0940. The lowest BCUT2D eigenvalue weighted by Crippen LogP contribution is -2.38. The molecule has 4 heteroatoms. The summed E-state index contributed by atoms with van der Waals surface area (Å²) in [5.41, 5.74) is 6.93. The molecule has 0 aliphatic carbocycles. The first kappa shape index (κ1) is 12.0. The SMILES string of the molecule is Cc1cc(Cl)ccc1C(=O)N[C@H](C)CN. The van der Waals surface area contributed by atoms with E-state index in [2.05, 4.69) is 5.32 Å². The Morgan fingerprint density at radius 2 is 2.27 bits per heavy atom. The van der Waals surface area contributed by atoms with Crippen LogP contribution in [-0.4, -0.2) is 18.5 Å². The van der Waals surface area contributed by atoms with Crippen LogP contribution in [0.4, 0.5) is 0 Å². The number of hydrogen-bond donors (Lipinski definition) is 2. The predicted molar refractivity (Wildman–Crippen MR) is 62.2 cm³/mol. The van der Waals surface area contributed by atoms with Gasteiger partial charge in [-0.15, -0.1) is 0 Å². The van der Waals surface area contributed by atoms with E-state index in [1.807, 2.05) is 13.8 Å². The highest BCUT2D eigenvalue weighted by molar-refractivity contribution is 6.30. The highest BCUT2D eigenvalue weighted by Gasteiger charge is 2.10. The summed E-state index contributed by atoms with van der Waals surface area (Å²) in [5.74, 6) is -0.109. The third kappa shape index (κ3) is 3.22. The maximum absolute atomic E-state index is 11.7. The Hall–Kier alpha value is -1.06. The van der Waals surface area contributed by atoms with Gasteiger partial charge >= 0.3 is 0 Å². The monoisotopic (exact) mass is 226 g/mol. The second-order valence-electron chi connectivity index (χ2n) is 3.57. The van der Waals surface area contributed by atoms with E-state index in [0.29, 0.717) is 17.1 Å². The summed E-state index contributed by atoms with van der Waals surface area (Å²) in [6.07, 6.45) is 0. The number of benzene rings is 1. The van der Waals surface area contributed by atoms with Crippen molar-refractivity contribution in [2.45, 2.75) is 19.9 Å². The molecule has 82 valence electrons. The number of nitrogens with one attached hydrogen (secondary N) is 1. The molecule has 0 aliphatic heterocycles. The maximum atomic E-state index is 11.7. The van der Waals surface area contributed by atoms with E-state index in [-0.39, 0.29) is 11.9 Å². The number of rotatable bonds is 3. The number of halogens is 1. The molecule has 0 spiro atoms. The molecule has 1 atom stereocenters. The molecule has 0 unspecified atom stereocenters. The van der Waals surface area contributed by atoms with Gasteiger partial charge in [-0.1, -0.05) is 11.6 Å². The molecule has 0 radical (unpaired) electrons. The molecule has 0 saturated carbocycles. The van der Waals surface area contributed by atoms with Crippen LogP contribution in [-0.2, 0) is 0 Å². The van der Waals surface area contributed by atoms with E-state index in [0.717, 1.165) is 5.56 Å². The molecule has 1 rings (SSSR count). The molecule has 1 aromatic carbocycles. The average Bonchev–Trinajstić information content (AvgIpc) is 2.17. The summed E-state index contributed by atoms with van der Waals surface area (Å²) in [6.45, 7) is 4.15. The summed E-state index contributed by atoms with van der Waals surface area (Å²) >= 11 is 5.80. The van der Waals surface area contributed by atoms with Crippen LogP contribution in [0.15, 0.2) is 18.2 Å². The molecule has 3 N–H and O–H groups in total. The van der Waals surface area contributed by atoms with Gasteiger partial charge in [-0.3, -0.25) is 4.79 Å². The topological polar surface area (TPSA) is 55.1 Å². The van der Waals surface area contributed by atoms with Crippen molar-refractivity contribution in [3.05, 3.63) is 34.3 Å². The van der Waals surface area contributed by atoms with Crippen molar-refractivity contribution in [2.75, 3.05) is 6.54 Å². The van der Waals surface area contributed by atoms with E-state index in [9.17, 15) is 4.79 Å². The van der Waals surface area contributed by atoms with Gasteiger partial charge in [-0.25, -0.2) is 0 Å². The smallest absolute Gasteiger partial charge is 0.251 e. The maximum Gasteiger partial charge on any atom is 0.251 e. The van der Waals surface area contributed by atoms with Crippen LogP contribution in [0.1, 0.15) is 22.8 Å². The van der Waals surface area contributed by atoms with Gasteiger partial charge in [0.05, 0.1) is 0 Å². The lowest BCUT2D eigenvalue weighted by atomic mass is 10.1. The molecule has 1 aromatic rings. The lowest BCUT2D eigenvalue weighted by Gasteiger charge is -2.12. The van der Waals surface area contributed by atoms with Crippen molar-refractivity contribution in [3.8, 4) is 0 Å². The van der Waals surface area contributed by atoms with E-state index in [4.69, 9.17) is 17.3 Å². The normalized spacial score (nSPS) is 12.3. The van der Waals surface area contributed by atoms with E-state index >= 15 is 0 Å². The molecule has 1 amide bonds. The van der Waals surface area contributed by atoms with Gasteiger partial charge in [0.1, 0.15) is 0 Å². The second-order valence-corrected chi connectivity index (χ2v) is 4.01. The Labute approximate surface area is 94.6 Å². The molecule has 0 saturated heterocycles. The van der Waals surface area contributed by atoms with Gasteiger partial charge in [-0.2, -0.15) is 0 Å². The Bertz CT molecular complexity index is 366. The summed E-state index contributed by atoms with van der Waals surface area (Å²) < 4.78 is 0. The van der Waals surface area contributed by atoms with Crippen molar-refractivity contribution in [1.82, 2.24) is 5.32 Å². The number of carbonyl (C=O) groups is 1. The zero-order chi connectivity index (χ0) is 11.4. The number of nitrogens with two attached hydrogens (primary N) is 1. The van der Waals surface area contributed by atoms with Gasteiger partial charge in [0.2, 0.25) is 0 Å². The molecule has 0 bridgehead atoms. The quantitative estimate of drug-likeness (QED) is 0.825. The van der Waals surface area contributed by atoms with E-state index < -0.39 is 0 Å². The molecule has 15 heavy (non-hydrogen) atoms. The van der Waals surface area contributed by atoms with Gasteiger partial charge in [-0.05, 0) is 37.6 Å². The zero-order valence-corrected chi connectivity index (χ0v) is 9.64. The largest absolute Gasteiger partial charge is 0.348 e. The highest BCUT2D eigenvalue weighted by Crippen LogP contribution is 2.15. The van der Waals surface area contributed by atoms with Crippen LogP contribution in [0.3, 0.4) is 0 Å². The predicted octanol–water partition coefficient (Wildman–Crippen LogP) is 1.73. The van der Waals surface area contributed by atoms with Crippen molar-refractivity contribution in [2.24, 2.45) is 5.73 Å². The minimum Gasteiger partial charge on any atom is -0.348 e. The number of aryl methyl sites for hydroxylation is 1. The molecule has 0 fully saturated rings. The Kier molecular flexibility index (Phi) is 4.12. The summed E-state index contributed by atoms with van der Waals surface area (Å²) in [5, 5.41) is 3.43. The molecule has 3 nitrogen and oxygen atoms in total. The van der Waals surface area contributed by atoms with Crippen molar-refractivity contribution in [1.29, 1.82) is 0 Å². The fourth-order valence-corrected chi connectivity index (χ4v) is 1.47. The van der Waals surface area contributed by atoms with Gasteiger partial charge in [0, 0.05) is 23.2 Å². The van der Waals surface area contributed by atoms with Crippen LogP contribution in [0, 0.1) is 6.92 Å². The molecular weight excluding hydrogens is 212 g/mol. The minimum absolute atomic E-state index is 0.0208. The van der Waals surface area contributed by atoms with Gasteiger partial charge in [0.15, 0.2) is 0 Å². The number of carbonyl (C=O) groups excluding carboxylic acids is 1. The minimum atomic E-state index is -0.109. The third-order valence-corrected chi connectivity index (χ3v) is 2.40. The first-order valence-corrected chi connectivity index (χ1v) is 5.19. The second kappa shape index (κ2) is 5.14. The van der Waals surface area contributed by atoms with Crippen LogP contribution in [0.2, 0.25) is 5.02 Å².